The third-order valence-electron chi connectivity index (χ3n) is 2.12. The SMILES string of the molecule is CCOC(=O)NN(C(=O)OCC)[C@H](CC)C(C)=O. The first kappa shape index (κ1) is 16.2. The fraction of sp³-hybridized carbons (Fsp3) is 0.727. The van der Waals surface area contributed by atoms with Gasteiger partial charge in [0.1, 0.15) is 6.04 Å². The van der Waals surface area contributed by atoms with Crippen LogP contribution in [-0.2, 0) is 14.3 Å². The fourth-order valence-electron chi connectivity index (χ4n) is 1.36. The maximum atomic E-state index is 11.7. The number of rotatable bonds is 5. The molecule has 104 valence electrons. The topological polar surface area (TPSA) is 84.9 Å². The van der Waals surface area contributed by atoms with Crippen LogP contribution in [0.15, 0.2) is 0 Å². The average Bonchev–Trinajstić information content (AvgIpc) is 2.28. The molecular weight excluding hydrogens is 240 g/mol. The molecule has 0 fully saturated rings. The molecule has 0 aliphatic carbocycles. The molecular formula is C11H20N2O5. The molecule has 0 aromatic carbocycles. The summed E-state index contributed by atoms with van der Waals surface area (Å²) in [6, 6.07) is -0.770. The van der Waals surface area contributed by atoms with Gasteiger partial charge in [-0.15, -0.1) is 0 Å². The van der Waals surface area contributed by atoms with Gasteiger partial charge in [0.15, 0.2) is 5.78 Å². The Morgan fingerprint density at radius 1 is 1.11 bits per heavy atom. The van der Waals surface area contributed by atoms with Gasteiger partial charge in [-0.25, -0.2) is 20.0 Å². The monoisotopic (exact) mass is 260 g/mol. The molecule has 0 aromatic rings. The number of hydrazine groups is 1. The third kappa shape index (κ3) is 5.03. The Morgan fingerprint density at radius 2 is 1.67 bits per heavy atom. The Kier molecular flexibility index (Phi) is 7.50. The van der Waals surface area contributed by atoms with E-state index in [-0.39, 0.29) is 19.0 Å². The van der Waals surface area contributed by atoms with Crippen molar-refractivity contribution in [2.24, 2.45) is 0 Å². The van der Waals surface area contributed by atoms with Crippen molar-refractivity contribution < 1.29 is 23.9 Å². The van der Waals surface area contributed by atoms with Gasteiger partial charge in [0.05, 0.1) is 13.2 Å². The summed E-state index contributed by atoms with van der Waals surface area (Å²) >= 11 is 0. The van der Waals surface area contributed by atoms with Crippen LogP contribution < -0.4 is 5.43 Å². The highest BCUT2D eigenvalue weighted by Gasteiger charge is 2.29. The second kappa shape index (κ2) is 8.32. The summed E-state index contributed by atoms with van der Waals surface area (Å²) in [4.78, 5) is 34.4. The number of Topliss-reactive ketones (excluding diaryl/α,β-unsaturated/α-hetero) is 1. The Hall–Kier alpha value is -1.79. The molecule has 0 saturated carbocycles. The highest BCUT2D eigenvalue weighted by molar-refractivity contribution is 5.86. The lowest BCUT2D eigenvalue weighted by Gasteiger charge is -2.27. The number of ketones is 1. The predicted molar refractivity (Wildman–Crippen MR) is 63.8 cm³/mol. The van der Waals surface area contributed by atoms with Crippen molar-refractivity contribution in [3.05, 3.63) is 0 Å². The molecule has 0 bridgehead atoms. The first-order valence-electron chi connectivity index (χ1n) is 5.87. The van der Waals surface area contributed by atoms with E-state index in [1.807, 2.05) is 0 Å². The minimum Gasteiger partial charge on any atom is -0.449 e. The summed E-state index contributed by atoms with van der Waals surface area (Å²) < 4.78 is 9.44. The van der Waals surface area contributed by atoms with Crippen molar-refractivity contribution in [1.29, 1.82) is 0 Å². The third-order valence-corrected chi connectivity index (χ3v) is 2.12. The van der Waals surface area contributed by atoms with E-state index in [0.29, 0.717) is 6.42 Å². The zero-order chi connectivity index (χ0) is 14.1. The number of carbonyl (C=O) groups excluding carboxylic acids is 3. The van der Waals surface area contributed by atoms with E-state index in [0.717, 1.165) is 5.01 Å². The van der Waals surface area contributed by atoms with Gasteiger partial charge in [-0.2, -0.15) is 0 Å². The predicted octanol–water partition coefficient (Wildman–Crippen LogP) is 1.47. The Morgan fingerprint density at radius 3 is 2.06 bits per heavy atom. The van der Waals surface area contributed by atoms with Gasteiger partial charge in [-0.1, -0.05) is 6.92 Å². The Bertz CT molecular complexity index is 306. The molecule has 7 nitrogen and oxygen atoms in total. The molecule has 0 radical (unpaired) electrons. The van der Waals surface area contributed by atoms with E-state index in [1.165, 1.54) is 6.92 Å². The zero-order valence-electron chi connectivity index (χ0n) is 11.2. The first-order valence-corrected chi connectivity index (χ1v) is 5.87. The van der Waals surface area contributed by atoms with Crippen LogP contribution in [0.4, 0.5) is 9.59 Å². The minimum absolute atomic E-state index is 0.147. The van der Waals surface area contributed by atoms with Crippen LogP contribution in [0.3, 0.4) is 0 Å². The van der Waals surface area contributed by atoms with Crippen molar-refractivity contribution in [2.45, 2.75) is 40.2 Å². The largest absolute Gasteiger partial charge is 0.449 e. The summed E-state index contributed by atoms with van der Waals surface area (Å²) in [5, 5.41) is 0.865. The molecule has 0 aliphatic rings. The second-order valence-electron chi connectivity index (χ2n) is 3.44. The molecule has 7 heteroatoms. The van der Waals surface area contributed by atoms with Crippen molar-refractivity contribution >= 4 is 18.0 Å². The number of hydrogen-bond acceptors (Lipinski definition) is 5. The molecule has 0 aromatic heterocycles. The molecule has 0 rings (SSSR count). The molecule has 0 heterocycles. The van der Waals surface area contributed by atoms with Crippen molar-refractivity contribution in [1.82, 2.24) is 10.4 Å². The summed E-state index contributed by atoms with van der Waals surface area (Å²) in [6.45, 7) is 6.65. The number of carbonyl (C=O) groups is 3. The van der Waals surface area contributed by atoms with Crippen LogP contribution in [0, 0.1) is 0 Å². The highest BCUT2D eigenvalue weighted by Crippen LogP contribution is 2.05. The molecule has 0 aliphatic heterocycles. The number of ether oxygens (including phenoxy) is 2. The highest BCUT2D eigenvalue weighted by atomic mass is 16.6. The van der Waals surface area contributed by atoms with Gasteiger partial charge in [0.25, 0.3) is 0 Å². The molecule has 18 heavy (non-hydrogen) atoms. The lowest BCUT2D eigenvalue weighted by molar-refractivity contribution is -0.122. The number of nitrogens with zero attached hydrogens (tertiary/aromatic N) is 1. The summed E-state index contributed by atoms with van der Waals surface area (Å²) in [6.07, 6.45) is -1.22. The van der Waals surface area contributed by atoms with Crippen LogP contribution >= 0.6 is 0 Å². The van der Waals surface area contributed by atoms with Gasteiger partial charge in [0.2, 0.25) is 0 Å². The minimum atomic E-state index is -0.801. The average molecular weight is 260 g/mol. The van der Waals surface area contributed by atoms with Gasteiger partial charge in [0, 0.05) is 0 Å². The lowest BCUT2D eigenvalue weighted by Crippen LogP contribution is -2.54. The van der Waals surface area contributed by atoms with E-state index < -0.39 is 18.2 Å². The first-order chi connectivity index (χ1) is 8.47. The number of hydrogen-bond donors (Lipinski definition) is 1. The molecule has 1 atom stereocenters. The van der Waals surface area contributed by atoms with Gasteiger partial charge in [-0.3, -0.25) is 4.79 Å². The van der Waals surface area contributed by atoms with Crippen LogP contribution in [-0.4, -0.2) is 42.2 Å². The smallest absolute Gasteiger partial charge is 0.429 e. The van der Waals surface area contributed by atoms with Crippen LogP contribution in [0.2, 0.25) is 0 Å². The Balaban J connectivity index is 4.85. The summed E-state index contributed by atoms with van der Waals surface area (Å²) in [5.74, 6) is -0.248. The molecule has 0 saturated heterocycles. The van der Waals surface area contributed by atoms with E-state index in [2.05, 4.69) is 10.2 Å². The lowest BCUT2D eigenvalue weighted by atomic mass is 10.1. The van der Waals surface area contributed by atoms with Gasteiger partial charge < -0.3 is 9.47 Å². The fourth-order valence-corrected chi connectivity index (χ4v) is 1.36. The quantitative estimate of drug-likeness (QED) is 0.757. The maximum absolute atomic E-state index is 11.7. The zero-order valence-corrected chi connectivity index (χ0v) is 11.2. The van der Waals surface area contributed by atoms with Crippen LogP contribution in [0.5, 0.6) is 0 Å². The summed E-state index contributed by atoms with van der Waals surface area (Å²) in [5.41, 5.74) is 2.21. The van der Waals surface area contributed by atoms with Crippen LogP contribution in [0.25, 0.3) is 0 Å². The number of nitrogens with one attached hydrogen (secondary N) is 1. The summed E-state index contributed by atoms with van der Waals surface area (Å²) in [7, 11) is 0. The second-order valence-corrected chi connectivity index (χ2v) is 3.44. The van der Waals surface area contributed by atoms with Crippen molar-refractivity contribution in [3.8, 4) is 0 Å². The molecule has 1 N–H and O–H groups in total. The van der Waals surface area contributed by atoms with E-state index in [9.17, 15) is 14.4 Å². The molecule has 0 spiro atoms. The Labute approximate surface area is 106 Å². The molecule has 0 unspecified atom stereocenters. The normalized spacial score (nSPS) is 11.3. The van der Waals surface area contributed by atoms with E-state index in [4.69, 9.17) is 4.74 Å². The standard InChI is InChI=1S/C11H20N2O5/c1-5-9(8(4)14)13(11(16)18-7-3)12-10(15)17-6-2/h9H,5-7H2,1-4H3,(H,12,15)/t9-/m1/s1. The maximum Gasteiger partial charge on any atom is 0.429 e. The molecule has 2 amide bonds. The van der Waals surface area contributed by atoms with Gasteiger partial charge in [-0.05, 0) is 27.2 Å². The van der Waals surface area contributed by atoms with Crippen molar-refractivity contribution in [3.63, 3.8) is 0 Å². The van der Waals surface area contributed by atoms with Crippen molar-refractivity contribution in [2.75, 3.05) is 13.2 Å². The van der Waals surface area contributed by atoms with Gasteiger partial charge >= 0.3 is 12.2 Å². The van der Waals surface area contributed by atoms with E-state index >= 15 is 0 Å². The van der Waals surface area contributed by atoms with Crippen LogP contribution in [0.1, 0.15) is 34.1 Å². The number of amides is 2. The van der Waals surface area contributed by atoms with E-state index in [1.54, 1.807) is 20.8 Å².